The molecule has 0 N–H and O–H groups in total. The van der Waals surface area contributed by atoms with Crippen LogP contribution in [0.3, 0.4) is 0 Å². The largest absolute Gasteiger partial charge is 0.269 e. The van der Waals surface area contributed by atoms with E-state index in [1.165, 1.54) is 22.5 Å². The molecule has 0 bridgehead atoms. The van der Waals surface area contributed by atoms with Gasteiger partial charge in [0, 0.05) is 11.0 Å². The second-order valence-electron chi connectivity index (χ2n) is 4.01. The van der Waals surface area contributed by atoms with Crippen LogP contribution in [-0.4, -0.2) is 20.7 Å². The van der Waals surface area contributed by atoms with E-state index in [4.69, 9.17) is 0 Å². The summed E-state index contributed by atoms with van der Waals surface area (Å²) in [5, 5.41) is 0. The Hall–Kier alpha value is -0.620. The Kier molecular flexibility index (Phi) is 2.96. The fraction of sp³-hybridized carbons (Fsp3) is 0.400. The number of nitrogens with zero attached hydrogens (tertiary/aromatic N) is 1. The smallest absolute Gasteiger partial charge is 0.235 e. The summed E-state index contributed by atoms with van der Waals surface area (Å²) in [6.07, 6.45) is 0. The molecule has 88 valence electrons. The first-order valence-electron chi connectivity index (χ1n) is 4.85. The van der Waals surface area contributed by atoms with Gasteiger partial charge in [-0.25, -0.2) is 12.8 Å². The minimum Gasteiger partial charge on any atom is -0.269 e. The lowest BCUT2D eigenvalue weighted by molar-refractivity contribution is 0.597. The molecule has 1 saturated heterocycles. The van der Waals surface area contributed by atoms with Gasteiger partial charge in [0.15, 0.2) is 0 Å². The lowest BCUT2D eigenvalue weighted by atomic mass is 10.2. The molecule has 1 aromatic rings. The highest BCUT2D eigenvalue weighted by Gasteiger charge is 2.34. The van der Waals surface area contributed by atoms with Crippen molar-refractivity contribution in [3.05, 3.63) is 28.5 Å². The lowest BCUT2D eigenvalue weighted by Gasteiger charge is -2.18. The molecule has 0 saturated carbocycles. The third-order valence-corrected chi connectivity index (χ3v) is 5.16. The quantitative estimate of drug-likeness (QED) is 0.799. The zero-order chi connectivity index (χ0) is 11.9. The number of benzene rings is 1. The number of rotatable bonds is 1. The van der Waals surface area contributed by atoms with Crippen LogP contribution >= 0.6 is 15.9 Å². The Morgan fingerprint density at radius 3 is 2.75 bits per heavy atom. The van der Waals surface area contributed by atoms with Crippen LogP contribution in [0.25, 0.3) is 0 Å². The maximum Gasteiger partial charge on any atom is 0.235 e. The normalized spacial score (nSPS) is 23.7. The van der Waals surface area contributed by atoms with Crippen LogP contribution in [0.5, 0.6) is 0 Å². The topological polar surface area (TPSA) is 37.4 Å². The van der Waals surface area contributed by atoms with Crippen molar-refractivity contribution in [2.45, 2.75) is 6.92 Å². The van der Waals surface area contributed by atoms with Gasteiger partial charge in [-0.2, -0.15) is 0 Å². The molecule has 1 aromatic carbocycles. The van der Waals surface area contributed by atoms with Crippen LogP contribution in [0.1, 0.15) is 6.92 Å². The van der Waals surface area contributed by atoms with Gasteiger partial charge in [0.1, 0.15) is 5.82 Å². The van der Waals surface area contributed by atoms with Gasteiger partial charge in [0.05, 0.1) is 11.4 Å². The number of sulfonamides is 1. The highest BCUT2D eigenvalue weighted by Crippen LogP contribution is 2.33. The van der Waals surface area contributed by atoms with Crippen molar-refractivity contribution < 1.29 is 12.8 Å². The summed E-state index contributed by atoms with van der Waals surface area (Å²) in [6, 6.07) is 4.04. The van der Waals surface area contributed by atoms with Crippen molar-refractivity contribution in [2.75, 3.05) is 16.6 Å². The maximum atomic E-state index is 13.1. The number of hydrogen-bond acceptors (Lipinski definition) is 2. The highest BCUT2D eigenvalue weighted by atomic mass is 79.9. The Morgan fingerprint density at radius 1 is 1.50 bits per heavy atom. The van der Waals surface area contributed by atoms with E-state index in [1.54, 1.807) is 0 Å². The van der Waals surface area contributed by atoms with Gasteiger partial charge < -0.3 is 0 Å². The second kappa shape index (κ2) is 4.00. The molecular formula is C10H11BrFNO2S. The molecular weight excluding hydrogens is 297 g/mol. The minimum absolute atomic E-state index is 0.0696. The monoisotopic (exact) mass is 307 g/mol. The molecule has 0 spiro atoms. The zero-order valence-electron chi connectivity index (χ0n) is 8.65. The van der Waals surface area contributed by atoms with Crippen LogP contribution in [0.2, 0.25) is 0 Å². The molecule has 1 unspecified atom stereocenters. The van der Waals surface area contributed by atoms with Crippen LogP contribution < -0.4 is 4.31 Å². The summed E-state index contributed by atoms with van der Waals surface area (Å²) in [4.78, 5) is 0. The Bertz CT molecular complexity index is 518. The highest BCUT2D eigenvalue weighted by molar-refractivity contribution is 9.10. The Morgan fingerprint density at radius 2 is 2.19 bits per heavy atom. The van der Waals surface area contributed by atoms with Crippen molar-refractivity contribution in [1.29, 1.82) is 0 Å². The first-order valence-corrected chi connectivity index (χ1v) is 7.26. The molecule has 2 rings (SSSR count). The lowest BCUT2D eigenvalue weighted by Crippen LogP contribution is -2.25. The molecule has 1 fully saturated rings. The SMILES string of the molecule is CC1CN(c2cc(F)ccc2Br)S(=O)(=O)C1. The molecule has 16 heavy (non-hydrogen) atoms. The van der Waals surface area contributed by atoms with Crippen LogP contribution in [0.15, 0.2) is 22.7 Å². The van der Waals surface area contributed by atoms with E-state index >= 15 is 0 Å². The van der Waals surface area contributed by atoms with Crippen molar-refractivity contribution >= 4 is 31.6 Å². The summed E-state index contributed by atoms with van der Waals surface area (Å²) in [7, 11) is -3.29. The van der Waals surface area contributed by atoms with Crippen molar-refractivity contribution in [2.24, 2.45) is 5.92 Å². The van der Waals surface area contributed by atoms with E-state index in [0.29, 0.717) is 16.7 Å². The summed E-state index contributed by atoms with van der Waals surface area (Å²) >= 11 is 3.24. The summed E-state index contributed by atoms with van der Waals surface area (Å²) in [5.74, 6) is -0.246. The third kappa shape index (κ3) is 2.08. The van der Waals surface area contributed by atoms with Gasteiger partial charge in [0.25, 0.3) is 0 Å². The zero-order valence-corrected chi connectivity index (χ0v) is 11.1. The first-order chi connectivity index (χ1) is 7.40. The first kappa shape index (κ1) is 11.9. The van der Waals surface area contributed by atoms with E-state index in [1.807, 2.05) is 6.92 Å². The van der Waals surface area contributed by atoms with Crippen molar-refractivity contribution in [3.63, 3.8) is 0 Å². The van der Waals surface area contributed by atoms with Crippen molar-refractivity contribution in [3.8, 4) is 0 Å². The molecule has 0 amide bonds. The van der Waals surface area contributed by atoms with Gasteiger partial charge in [-0.15, -0.1) is 0 Å². The number of hydrogen-bond donors (Lipinski definition) is 0. The maximum absolute atomic E-state index is 13.1. The summed E-state index contributed by atoms with van der Waals surface area (Å²) < 4.78 is 38.6. The fourth-order valence-electron chi connectivity index (χ4n) is 1.82. The predicted octanol–water partition coefficient (Wildman–Crippen LogP) is 2.37. The molecule has 1 heterocycles. The summed E-state index contributed by atoms with van der Waals surface area (Å²) in [6.45, 7) is 2.27. The minimum atomic E-state index is -3.29. The van der Waals surface area contributed by atoms with Gasteiger partial charge >= 0.3 is 0 Å². The molecule has 0 radical (unpaired) electrons. The Labute approximate surface area is 102 Å². The van der Waals surface area contributed by atoms with E-state index in [-0.39, 0.29) is 11.7 Å². The number of anilines is 1. The Balaban J connectivity index is 2.49. The molecule has 6 heteroatoms. The molecule has 1 atom stereocenters. The van der Waals surface area contributed by atoms with E-state index in [0.717, 1.165) is 0 Å². The van der Waals surface area contributed by atoms with E-state index in [9.17, 15) is 12.8 Å². The predicted molar refractivity (Wildman–Crippen MR) is 64.4 cm³/mol. The van der Waals surface area contributed by atoms with E-state index < -0.39 is 15.8 Å². The second-order valence-corrected chi connectivity index (χ2v) is 6.80. The third-order valence-electron chi connectivity index (χ3n) is 2.49. The van der Waals surface area contributed by atoms with E-state index in [2.05, 4.69) is 15.9 Å². The average molecular weight is 308 g/mol. The fourth-order valence-corrected chi connectivity index (χ4v) is 4.34. The number of halogens is 2. The van der Waals surface area contributed by atoms with Crippen LogP contribution in [-0.2, 0) is 10.0 Å². The summed E-state index contributed by atoms with van der Waals surface area (Å²) in [5.41, 5.74) is 0.379. The molecule has 3 nitrogen and oxygen atoms in total. The van der Waals surface area contributed by atoms with Crippen LogP contribution in [0, 0.1) is 11.7 Å². The van der Waals surface area contributed by atoms with Gasteiger partial charge in [-0.3, -0.25) is 4.31 Å². The van der Waals surface area contributed by atoms with Gasteiger partial charge in [-0.05, 0) is 40.0 Å². The average Bonchev–Trinajstić information content (AvgIpc) is 2.43. The molecule has 0 aliphatic carbocycles. The molecule has 0 aromatic heterocycles. The standard InChI is InChI=1S/C10H11BrFNO2S/c1-7-5-13(16(14,15)6-7)10-4-8(12)2-3-9(10)11/h2-4,7H,5-6H2,1H3. The van der Waals surface area contributed by atoms with Crippen LogP contribution in [0.4, 0.5) is 10.1 Å². The van der Waals surface area contributed by atoms with Gasteiger partial charge in [-0.1, -0.05) is 6.92 Å². The van der Waals surface area contributed by atoms with Crippen molar-refractivity contribution in [1.82, 2.24) is 0 Å². The van der Waals surface area contributed by atoms with Gasteiger partial charge in [0.2, 0.25) is 10.0 Å². The molecule has 1 aliphatic rings. The molecule has 1 aliphatic heterocycles.